The van der Waals surface area contributed by atoms with Gasteiger partial charge in [-0.05, 0) is 55.1 Å². The Morgan fingerprint density at radius 3 is 2.64 bits per heavy atom. The number of carbonyl (C=O) groups is 1. The summed E-state index contributed by atoms with van der Waals surface area (Å²) in [6.07, 6.45) is 2.63. The van der Waals surface area contributed by atoms with Crippen molar-refractivity contribution in [1.29, 1.82) is 0 Å². The lowest BCUT2D eigenvalue weighted by atomic mass is 10.00. The number of para-hydroxylation sites is 1. The molecule has 132 valence electrons. The van der Waals surface area contributed by atoms with Crippen molar-refractivity contribution in [1.82, 2.24) is 4.90 Å². The Hall–Kier alpha value is -2.33. The Bertz CT molecular complexity index is 670. The average molecular weight is 338 g/mol. The number of hydrogen-bond acceptors (Lipinski definition) is 3. The molecular formula is C21H26N2O2. The van der Waals surface area contributed by atoms with Gasteiger partial charge in [-0.25, -0.2) is 0 Å². The minimum absolute atomic E-state index is 0.0113. The van der Waals surface area contributed by atoms with E-state index in [1.54, 1.807) is 0 Å². The number of piperidine rings is 1. The van der Waals surface area contributed by atoms with Crippen molar-refractivity contribution >= 4 is 11.6 Å². The standard InChI is InChI=1S/C21H26N2O2/c1-17-6-5-13-23(14-17)15-18-9-11-19(12-10-18)22-21(24)16-25-20-7-3-2-4-8-20/h2-4,7-12,17H,5-6,13-16H2,1H3,(H,22,24)/t17-/m1/s1. The smallest absolute Gasteiger partial charge is 0.262 e. The van der Waals surface area contributed by atoms with Crippen molar-refractivity contribution in [2.45, 2.75) is 26.3 Å². The van der Waals surface area contributed by atoms with Gasteiger partial charge in [0.25, 0.3) is 5.91 Å². The number of benzene rings is 2. The second-order valence-corrected chi connectivity index (χ2v) is 6.83. The van der Waals surface area contributed by atoms with Crippen molar-refractivity contribution < 1.29 is 9.53 Å². The van der Waals surface area contributed by atoms with Crippen LogP contribution in [-0.4, -0.2) is 30.5 Å². The van der Waals surface area contributed by atoms with E-state index in [-0.39, 0.29) is 12.5 Å². The second kappa shape index (κ2) is 8.67. The number of amides is 1. The van der Waals surface area contributed by atoms with Gasteiger partial charge in [0.1, 0.15) is 5.75 Å². The Labute approximate surface area is 149 Å². The van der Waals surface area contributed by atoms with E-state index in [2.05, 4.69) is 29.3 Å². The van der Waals surface area contributed by atoms with Crippen molar-refractivity contribution in [3.63, 3.8) is 0 Å². The van der Waals surface area contributed by atoms with Crippen LogP contribution in [-0.2, 0) is 11.3 Å². The summed E-state index contributed by atoms with van der Waals surface area (Å²) in [5.74, 6) is 1.34. The summed E-state index contributed by atoms with van der Waals surface area (Å²) >= 11 is 0. The van der Waals surface area contributed by atoms with Gasteiger partial charge in [0, 0.05) is 18.8 Å². The zero-order chi connectivity index (χ0) is 17.5. The van der Waals surface area contributed by atoms with Crippen molar-refractivity contribution in [3.8, 4) is 5.75 Å². The molecule has 1 saturated heterocycles. The third-order valence-corrected chi connectivity index (χ3v) is 4.50. The molecule has 0 aliphatic carbocycles. The molecule has 1 fully saturated rings. The van der Waals surface area contributed by atoms with Crippen LogP contribution in [0.3, 0.4) is 0 Å². The highest BCUT2D eigenvalue weighted by molar-refractivity contribution is 5.91. The molecule has 2 aromatic carbocycles. The van der Waals surface area contributed by atoms with E-state index >= 15 is 0 Å². The number of likely N-dealkylation sites (tertiary alicyclic amines) is 1. The van der Waals surface area contributed by atoms with Gasteiger partial charge in [0.2, 0.25) is 0 Å². The molecule has 1 atom stereocenters. The lowest BCUT2D eigenvalue weighted by Gasteiger charge is -2.30. The molecule has 1 aliphatic heterocycles. The maximum atomic E-state index is 12.0. The summed E-state index contributed by atoms with van der Waals surface area (Å²) < 4.78 is 5.46. The van der Waals surface area contributed by atoms with Gasteiger partial charge >= 0.3 is 0 Å². The largest absolute Gasteiger partial charge is 0.484 e. The highest BCUT2D eigenvalue weighted by Gasteiger charge is 2.16. The molecule has 1 amide bonds. The maximum Gasteiger partial charge on any atom is 0.262 e. The van der Waals surface area contributed by atoms with Crippen molar-refractivity contribution in [2.24, 2.45) is 5.92 Å². The van der Waals surface area contributed by atoms with E-state index in [9.17, 15) is 4.79 Å². The van der Waals surface area contributed by atoms with E-state index < -0.39 is 0 Å². The predicted octanol–water partition coefficient (Wildman–Crippen LogP) is 3.94. The Balaban J connectivity index is 1.46. The molecule has 1 N–H and O–H groups in total. The first-order valence-corrected chi connectivity index (χ1v) is 8.98. The first-order valence-electron chi connectivity index (χ1n) is 8.98. The number of rotatable bonds is 6. The third-order valence-electron chi connectivity index (χ3n) is 4.50. The molecule has 0 spiro atoms. The fourth-order valence-corrected chi connectivity index (χ4v) is 3.24. The van der Waals surface area contributed by atoms with Gasteiger partial charge in [-0.2, -0.15) is 0 Å². The number of anilines is 1. The van der Waals surface area contributed by atoms with Crippen LogP contribution in [0.25, 0.3) is 0 Å². The van der Waals surface area contributed by atoms with E-state index in [0.717, 1.165) is 18.2 Å². The molecular weight excluding hydrogens is 312 g/mol. The zero-order valence-corrected chi connectivity index (χ0v) is 14.8. The van der Waals surface area contributed by atoms with Gasteiger partial charge < -0.3 is 10.1 Å². The number of hydrogen-bond donors (Lipinski definition) is 1. The minimum atomic E-state index is -0.151. The molecule has 0 radical (unpaired) electrons. The van der Waals surface area contributed by atoms with Crippen LogP contribution in [0.1, 0.15) is 25.3 Å². The lowest BCUT2D eigenvalue weighted by Crippen LogP contribution is -2.33. The van der Waals surface area contributed by atoms with E-state index in [0.29, 0.717) is 5.75 Å². The molecule has 2 aromatic rings. The average Bonchev–Trinajstić information content (AvgIpc) is 2.63. The van der Waals surface area contributed by atoms with Crippen LogP contribution in [0.5, 0.6) is 5.75 Å². The van der Waals surface area contributed by atoms with Crippen molar-refractivity contribution in [3.05, 3.63) is 60.2 Å². The molecule has 1 heterocycles. The minimum Gasteiger partial charge on any atom is -0.484 e. The molecule has 4 nitrogen and oxygen atoms in total. The summed E-state index contributed by atoms with van der Waals surface area (Å²) in [5, 5.41) is 2.87. The fraction of sp³-hybridized carbons (Fsp3) is 0.381. The maximum absolute atomic E-state index is 12.0. The molecule has 1 aliphatic rings. The number of carbonyl (C=O) groups excluding carboxylic acids is 1. The number of nitrogens with zero attached hydrogens (tertiary/aromatic N) is 1. The number of ether oxygens (including phenoxy) is 1. The quantitative estimate of drug-likeness (QED) is 0.867. The SMILES string of the molecule is C[C@@H]1CCCN(Cc2ccc(NC(=O)COc3ccccc3)cc2)C1. The summed E-state index contributed by atoms with van der Waals surface area (Å²) in [5.41, 5.74) is 2.09. The topological polar surface area (TPSA) is 41.6 Å². The third kappa shape index (κ3) is 5.61. The predicted molar refractivity (Wildman–Crippen MR) is 101 cm³/mol. The van der Waals surface area contributed by atoms with Gasteiger partial charge in [-0.15, -0.1) is 0 Å². The highest BCUT2D eigenvalue weighted by atomic mass is 16.5. The highest BCUT2D eigenvalue weighted by Crippen LogP contribution is 2.19. The fourth-order valence-electron chi connectivity index (χ4n) is 3.24. The lowest BCUT2D eigenvalue weighted by molar-refractivity contribution is -0.118. The Morgan fingerprint density at radius 2 is 1.92 bits per heavy atom. The summed E-state index contributed by atoms with van der Waals surface area (Å²) in [6.45, 7) is 5.67. The van der Waals surface area contributed by atoms with Crippen LogP contribution in [0.15, 0.2) is 54.6 Å². The normalized spacial score (nSPS) is 17.9. The van der Waals surface area contributed by atoms with Gasteiger partial charge in [0.05, 0.1) is 0 Å². The van der Waals surface area contributed by atoms with Gasteiger partial charge in [0.15, 0.2) is 6.61 Å². The van der Waals surface area contributed by atoms with E-state index in [4.69, 9.17) is 4.74 Å². The second-order valence-electron chi connectivity index (χ2n) is 6.83. The molecule has 3 rings (SSSR count). The van der Waals surface area contributed by atoms with Crippen LogP contribution < -0.4 is 10.1 Å². The van der Waals surface area contributed by atoms with E-state index in [1.165, 1.54) is 31.5 Å². The first-order chi connectivity index (χ1) is 12.2. The van der Waals surface area contributed by atoms with Gasteiger partial charge in [-0.1, -0.05) is 37.3 Å². The zero-order valence-electron chi connectivity index (χ0n) is 14.8. The number of nitrogens with one attached hydrogen (secondary N) is 1. The molecule has 25 heavy (non-hydrogen) atoms. The molecule has 0 saturated carbocycles. The van der Waals surface area contributed by atoms with Crippen LogP contribution in [0.2, 0.25) is 0 Å². The summed E-state index contributed by atoms with van der Waals surface area (Å²) in [6, 6.07) is 17.5. The summed E-state index contributed by atoms with van der Waals surface area (Å²) in [7, 11) is 0. The van der Waals surface area contributed by atoms with E-state index in [1.807, 2.05) is 42.5 Å². The van der Waals surface area contributed by atoms with Crippen LogP contribution in [0.4, 0.5) is 5.69 Å². The molecule has 4 heteroatoms. The Morgan fingerprint density at radius 1 is 1.16 bits per heavy atom. The van der Waals surface area contributed by atoms with Crippen molar-refractivity contribution in [2.75, 3.05) is 25.0 Å². The molecule has 0 unspecified atom stereocenters. The van der Waals surface area contributed by atoms with Gasteiger partial charge in [-0.3, -0.25) is 9.69 Å². The van der Waals surface area contributed by atoms with Crippen LogP contribution >= 0.6 is 0 Å². The molecule has 0 aromatic heterocycles. The first kappa shape index (κ1) is 17.5. The monoisotopic (exact) mass is 338 g/mol. The Kier molecular flexibility index (Phi) is 6.07. The summed E-state index contributed by atoms with van der Waals surface area (Å²) in [4.78, 5) is 14.5. The molecule has 0 bridgehead atoms. The van der Waals surface area contributed by atoms with Crippen LogP contribution in [0, 0.1) is 5.92 Å².